The number of aromatic nitrogens is 8. The number of anilines is 7. The number of nitrogens with two attached hydrogens (primary N) is 1. The van der Waals surface area contributed by atoms with Gasteiger partial charge in [-0.3, -0.25) is 4.79 Å². The molecule has 2 aromatic carbocycles. The van der Waals surface area contributed by atoms with E-state index in [1.807, 2.05) is 84.0 Å². The van der Waals surface area contributed by atoms with Gasteiger partial charge in [0.25, 0.3) is 5.26 Å². The minimum absolute atomic E-state index is 0. The molecule has 4 aliphatic heterocycles. The minimum atomic E-state index is -0.772. The maximum atomic E-state index is 13.3. The number of nitrogens with one attached hydrogen (secondary N) is 5. The Hall–Kier alpha value is -7.89. The van der Waals surface area contributed by atoms with Crippen molar-refractivity contribution in [2.24, 2.45) is 5.73 Å². The first kappa shape index (κ1) is 66.5. The summed E-state index contributed by atoms with van der Waals surface area (Å²) in [5.74, 6) is 5.63. The van der Waals surface area contributed by atoms with Gasteiger partial charge in [0, 0.05) is 86.7 Å². The lowest BCUT2D eigenvalue weighted by Crippen LogP contribution is -2.42. The lowest BCUT2D eigenvalue weighted by molar-refractivity contribution is -0.156. The van der Waals surface area contributed by atoms with Gasteiger partial charge in [0.15, 0.2) is 5.13 Å². The Morgan fingerprint density at radius 2 is 1.10 bits per heavy atom. The van der Waals surface area contributed by atoms with Crippen LogP contribution in [0.25, 0.3) is 20.4 Å². The number of hydrogen-bond donors (Lipinski definition) is 6. The van der Waals surface area contributed by atoms with Gasteiger partial charge >= 0.3 is 11.9 Å². The van der Waals surface area contributed by atoms with Gasteiger partial charge in [-0.15, -0.1) is 0 Å². The number of ether oxygens (including phenoxy) is 2. The summed E-state index contributed by atoms with van der Waals surface area (Å²) in [7, 11) is 0. The first-order valence-corrected chi connectivity index (χ1v) is 33.0. The second-order valence-corrected chi connectivity index (χ2v) is 26.9. The number of rotatable bonds is 16. The molecule has 10 heterocycles. The van der Waals surface area contributed by atoms with E-state index in [9.17, 15) is 14.0 Å². The van der Waals surface area contributed by atoms with Gasteiger partial charge in [-0.1, -0.05) is 80.3 Å². The summed E-state index contributed by atoms with van der Waals surface area (Å²) < 4.78 is 25.5. The zero-order valence-electron chi connectivity index (χ0n) is 52.5. The summed E-state index contributed by atoms with van der Waals surface area (Å²) in [6.07, 6.45) is 13.4. The Morgan fingerprint density at radius 1 is 0.633 bits per heavy atom. The molecule has 2 fully saturated rings. The number of piperidine rings is 2. The third kappa shape index (κ3) is 17.3. The first-order chi connectivity index (χ1) is 42.9. The average molecular weight is 1270 g/mol. The fourth-order valence-electron chi connectivity index (χ4n) is 11.6. The van der Waals surface area contributed by atoms with Crippen LogP contribution in [0.3, 0.4) is 0 Å². The standard InChI is InChI=1S/C33H42N8O2S.C26H39N7O2.C7H4FNS.CH4/c1-5-23-29(35-19-26(31(42)43-33(2,3)4)40-32-39-25-10-6-7-11-27(25)44-32)36-20-37-30(23)41-17-14-21(15-18-41)24-13-12-22-9-8-16-34-28(22)38-24;1-5-19-23(29-15-20(27)25(34)35-26(2,3)4)30-16-31-24(19)33-13-10-17(11-14-33)21-9-8-18-7-6-12-28-22(18)32-21;8-7-9-5-3-1-2-4-6(5)10-7;/h6-7,10-13,20-21,26H,5,8-9,14-19H2,1-4H3,(H,34,38)(H,39,40)(H,35,36,37);8-9,16-17,20H,5-7,10-15,27H2,1-4H3,(H,28,32)(H,29,30,31);1-4H;1H4/t26-;20-;;/m00../s1. The summed E-state index contributed by atoms with van der Waals surface area (Å²) in [5, 5.41) is 17.3. The predicted octanol–water partition coefficient (Wildman–Crippen LogP) is 12.3. The summed E-state index contributed by atoms with van der Waals surface area (Å²) >= 11 is 2.59. The topological polar surface area (TPSA) is 248 Å². The predicted molar refractivity (Wildman–Crippen MR) is 363 cm³/mol. The largest absolute Gasteiger partial charge is 0.459 e. The number of esters is 2. The van der Waals surface area contributed by atoms with Crippen LogP contribution in [0.4, 0.5) is 44.4 Å². The molecule has 20 nitrogen and oxygen atoms in total. The van der Waals surface area contributed by atoms with Gasteiger partial charge in [0.1, 0.15) is 70.8 Å². The Labute approximate surface area is 536 Å². The number of pyridine rings is 2. The Kier molecular flexibility index (Phi) is 22.4. The van der Waals surface area contributed by atoms with Gasteiger partial charge in [-0.2, -0.15) is 4.39 Å². The summed E-state index contributed by atoms with van der Waals surface area (Å²) in [5.41, 5.74) is 13.6. The molecule has 90 heavy (non-hydrogen) atoms. The summed E-state index contributed by atoms with van der Waals surface area (Å²) in [6.45, 7) is 21.5. The molecule has 480 valence electrons. The van der Waals surface area contributed by atoms with Crippen LogP contribution in [0.1, 0.15) is 147 Å². The molecule has 0 bridgehead atoms. The van der Waals surface area contributed by atoms with Crippen LogP contribution in [-0.4, -0.2) is 127 Å². The molecule has 0 radical (unpaired) electrons. The molecule has 4 aliphatic rings. The van der Waals surface area contributed by atoms with E-state index in [-0.39, 0.29) is 31.7 Å². The molecule has 8 aromatic rings. The number of benzene rings is 2. The van der Waals surface area contributed by atoms with Gasteiger partial charge < -0.3 is 51.6 Å². The Morgan fingerprint density at radius 3 is 1.58 bits per heavy atom. The fourth-order valence-corrected chi connectivity index (χ4v) is 13.2. The quantitative estimate of drug-likeness (QED) is 0.0492. The number of para-hydroxylation sites is 2. The van der Waals surface area contributed by atoms with Crippen molar-refractivity contribution in [2.75, 3.05) is 88.7 Å². The van der Waals surface area contributed by atoms with Crippen molar-refractivity contribution in [3.8, 4) is 0 Å². The van der Waals surface area contributed by atoms with E-state index in [0.29, 0.717) is 17.0 Å². The number of nitrogens with zero attached hydrogens (tertiary/aromatic N) is 10. The molecule has 12 rings (SSSR count). The van der Waals surface area contributed by atoms with Crippen LogP contribution in [0.15, 0.2) is 85.5 Å². The van der Waals surface area contributed by atoms with Gasteiger partial charge in [-0.25, -0.2) is 44.7 Å². The Balaban J connectivity index is 0.000000186. The van der Waals surface area contributed by atoms with Crippen molar-refractivity contribution in [1.82, 2.24) is 39.9 Å². The van der Waals surface area contributed by atoms with Crippen molar-refractivity contribution in [3.05, 3.63) is 124 Å². The number of fused-ring (bicyclic) bond motifs is 4. The zero-order valence-corrected chi connectivity index (χ0v) is 54.1. The molecule has 2 atom stereocenters. The van der Waals surface area contributed by atoms with Crippen molar-refractivity contribution >= 4 is 95.1 Å². The molecule has 0 saturated carbocycles. The van der Waals surface area contributed by atoms with Crippen LogP contribution in [0.2, 0.25) is 0 Å². The molecule has 0 spiro atoms. The lowest BCUT2D eigenvalue weighted by atomic mass is 9.92. The normalized spacial score (nSPS) is 15.8. The monoisotopic (exact) mass is 1260 g/mol. The molecule has 6 aromatic heterocycles. The minimum Gasteiger partial charge on any atom is -0.459 e. The molecular weight excluding hydrogens is 1180 g/mol. The molecular formula is C67H89FN16O4S2. The van der Waals surface area contributed by atoms with E-state index in [0.717, 1.165) is 168 Å². The smallest absolute Gasteiger partial charge is 0.331 e. The van der Waals surface area contributed by atoms with Crippen molar-refractivity contribution in [2.45, 2.75) is 162 Å². The average Bonchev–Trinajstić information content (AvgIpc) is 2.03. The van der Waals surface area contributed by atoms with Crippen LogP contribution < -0.4 is 42.1 Å². The van der Waals surface area contributed by atoms with Gasteiger partial charge in [0.2, 0.25) is 0 Å². The molecule has 7 N–H and O–H groups in total. The van der Waals surface area contributed by atoms with Crippen LogP contribution in [-0.2, 0) is 44.7 Å². The maximum Gasteiger partial charge on any atom is 0.331 e. The van der Waals surface area contributed by atoms with E-state index in [2.05, 4.69) is 99.4 Å². The summed E-state index contributed by atoms with van der Waals surface area (Å²) in [6, 6.07) is 22.8. The number of aryl methyl sites for hydroxylation is 2. The molecule has 0 unspecified atom stereocenters. The van der Waals surface area contributed by atoms with Crippen LogP contribution >= 0.6 is 22.7 Å². The third-order valence-electron chi connectivity index (χ3n) is 16.0. The Bertz CT molecular complexity index is 3620. The van der Waals surface area contributed by atoms with Crippen LogP contribution in [0.5, 0.6) is 0 Å². The lowest BCUT2D eigenvalue weighted by Gasteiger charge is -2.34. The van der Waals surface area contributed by atoms with Crippen molar-refractivity contribution < 1.29 is 23.5 Å². The highest BCUT2D eigenvalue weighted by Crippen LogP contribution is 2.36. The zero-order chi connectivity index (χ0) is 62.7. The van der Waals surface area contributed by atoms with E-state index in [1.54, 1.807) is 18.7 Å². The van der Waals surface area contributed by atoms with Crippen molar-refractivity contribution in [1.29, 1.82) is 0 Å². The molecule has 2 saturated heterocycles. The molecule has 23 heteroatoms. The maximum absolute atomic E-state index is 13.3. The molecule has 0 aliphatic carbocycles. The number of thiazole rings is 2. The van der Waals surface area contributed by atoms with E-state index >= 15 is 0 Å². The fraction of sp³-hybridized carbons (Fsp3) is 0.493. The van der Waals surface area contributed by atoms with E-state index in [1.165, 1.54) is 46.7 Å². The van der Waals surface area contributed by atoms with Crippen molar-refractivity contribution in [3.63, 3.8) is 0 Å². The second-order valence-electron chi connectivity index (χ2n) is 24.9. The number of carbonyl (C=O) groups is 2. The number of carbonyl (C=O) groups excluding carboxylic acids is 2. The molecule has 0 amide bonds. The highest BCUT2D eigenvalue weighted by Gasteiger charge is 2.31. The SMILES string of the molecule is C.CCc1c(NC[C@H](N)C(=O)OC(C)(C)C)ncnc1N1CCC(c2ccc3c(n2)NCCC3)CC1.CCc1c(NC[C@H](Nc2nc3ccccc3s2)C(=O)OC(C)(C)C)ncnc1N1CCC(c2ccc3c(n2)NCCC3)CC1.Fc1nc2ccccc2s1. The van der Waals surface area contributed by atoms with Gasteiger partial charge in [0.05, 0.1) is 20.4 Å². The number of hydrogen-bond acceptors (Lipinski definition) is 22. The van der Waals surface area contributed by atoms with Gasteiger partial charge in [-0.05, 0) is 153 Å². The second kappa shape index (κ2) is 30.3. The van der Waals surface area contributed by atoms with E-state index < -0.39 is 29.3 Å². The number of halogens is 1. The summed E-state index contributed by atoms with van der Waals surface area (Å²) in [4.78, 5) is 66.9. The first-order valence-electron chi connectivity index (χ1n) is 31.4. The van der Waals surface area contributed by atoms with Crippen LogP contribution in [0, 0.1) is 5.26 Å². The third-order valence-corrected chi connectivity index (χ3v) is 17.8. The highest BCUT2D eigenvalue weighted by atomic mass is 32.1. The highest BCUT2D eigenvalue weighted by molar-refractivity contribution is 7.22. The van der Waals surface area contributed by atoms with E-state index in [4.69, 9.17) is 30.2 Å².